The van der Waals surface area contributed by atoms with E-state index in [9.17, 15) is 4.79 Å². The number of rotatable bonds is 2. The topological polar surface area (TPSA) is 65.2 Å². The summed E-state index contributed by atoms with van der Waals surface area (Å²) >= 11 is 0. The summed E-state index contributed by atoms with van der Waals surface area (Å²) in [4.78, 5) is 15.2. The van der Waals surface area contributed by atoms with Crippen LogP contribution >= 0.6 is 12.4 Å². The van der Waals surface area contributed by atoms with Gasteiger partial charge >= 0.3 is 5.97 Å². The summed E-state index contributed by atoms with van der Waals surface area (Å²) < 4.78 is 4.50. The number of carbonyl (C=O) groups is 1. The summed E-state index contributed by atoms with van der Waals surface area (Å²) in [5.74, 6) is -0.474. The lowest BCUT2D eigenvalue weighted by molar-refractivity contribution is -0.142. The third-order valence-corrected chi connectivity index (χ3v) is 1.68. The molecule has 0 radical (unpaired) electrons. The molecule has 1 heterocycles. The van der Waals surface area contributed by atoms with Crippen molar-refractivity contribution in [1.29, 1.82) is 0 Å². The number of methoxy groups -OCH3 is 1. The van der Waals surface area contributed by atoms with Crippen LogP contribution in [0.3, 0.4) is 0 Å². The molecule has 0 spiro atoms. The van der Waals surface area contributed by atoms with Crippen LogP contribution in [0.1, 0.15) is 17.4 Å². The van der Waals surface area contributed by atoms with Gasteiger partial charge in [0.05, 0.1) is 12.8 Å². The van der Waals surface area contributed by atoms with Crippen LogP contribution in [0.15, 0.2) is 18.2 Å². The van der Waals surface area contributed by atoms with Gasteiger partial charge in [-0.15, -0.1) is 12.4 Å². The van der Waals surface area contributed by atoms with Gasteiger partial charge in [-0.3, -0.25) is 4.98 Å². The fourth-order valence-electron chi connectivity index (χ4n) is 0.985. The van der Waals surface area contributed by atoms with Crippen LogP contribution in [0.5, 0.6) is 0 Å². The van der Waals surface area contributed by atoms with Crippen LogP contribution in [0.4, 0.5) is 0 Å². The Hall–Kier alpha value is -1.13. The molecule has 1 aromatic rings. The van der Waals surface area contributed by atoms with Gasteiger partial charge in [0.2, 0.25) is 0 Å². The van der Waals surface area contributed by atoms with Crippen molar-refractivity contribution in [3.05, 3.63) is 29.6 Å². The molecule has 5 heteroatoms. The second-order valence-corrected chi connectivity index (χ2v) is 2.70. The van der Waals surface area contributed by atoms with Crippen molar-refractivity contribution in [3.63, 3.8) is 0 Å². The van der Waals surface area contributed by atoms with Gasteiger partial charge in [-0.05, 0) is 19.1 Å². The minimum absolute atomic E-state index is 0. The van der Waals surface area contributed by atoms with Crippen molar-refractivity contribution in [2.75, 3.05) is 7.11 Å². The van der Waals surface area contributed by atoms with Crippen LogP contribution in [-0.2, 0) is 9.53 Å². The predicted molar refractivity (Wildman–Crippen MR) is 55.2 cm³/mol. The standard InChI is InChI=1S/C9H12N2O2.ClH/c1-6-4-3-5-7(11-6)8(10)9(12)13-2;/h3-5,8H,10H2,1-2H3;1H/t8-;/m1./s1. The van der Waals surface area contributed by atoms with Gasteiger partial charge < -0.3 is 10.5 Å². The van der Waals surface area contributed by atoms with E-state index in [0.29, 0.717) is 5.69 Å². The number of hydrogen-bond acceptors (Lipinski definition) is 4. The first-order chi connectivity index (χ1) is 6.15. The van der Waals surface area contributed by atoms with Gasteiger partial charge in [0.15, 0.2) is 0 Å². The minimum Gasteiger partial charge on any atom is -0.468 e. The molecule has 0 unspecified atom stereocenters. The van der Waals surface area contributed by atoms with Gasteiger partial charge in [-0.1, -0.05) is 6.07 Å². The molecule has 0 aromatic carbocycles. The van der Waals surface area contributed by atoms with Crippen LogP contribution in [-0.4, -0.2) is 18.1 Å². The maximum absolute atomic E-state index is 11.0. The number of ether oxygens (including phenoxy) is 1. The molecule has 1 atom stereocenters. The van der Waals surface area contributed by atoms with E-state index in [2.05, 4.69) is 9.72 Å². The zero-order valence-corrected chi connectivity index (χ0v) is 8.88. The van der Waals surface area contributed by atoms with Crippen LogP contribution in [0, 0.1) is 6.92 Å². The fourth-order valence-corrected chi connectivity index (χ4v) is 0.985. The Morgan fingerprint density at radius 2 is 2.21 bits per heavy atom. The van der Waals surface area contributed by atoms with Crippen molar-refractivity contribution in [3.8, 4) is 0 Å². The van der Waals surface area contributed by atoms with E-state index >= 15 is 0 Å². The summed E-state index contributed by atoms with van der Waals surface area (Å²) in [5, 5.41) is 0. The molecule has 78 valence electrons. The lowest BCUT2D eigenvalue weighted by atomic mass is 10.2. The third kappa shape index (κ3) is 2.97. The summed E-state index contributed by atoms with van der Waals surface area (Å²) in [7, 11) is 1.30. The van der Waals surface area contributed by atoms with Crippen molar-refractivity contribution >= 4 is 18.4 Å². The molecule has 0 fully saturated rings. The summed E-state index contributed by atoms with van der Waals surface area (Å²) in [5.41, 5.74) is 6.95. The number of esters is 1. The maximum Gasteiger partial charge on any atom is 0.328 e. The number of nitrogens with zero attached hydrogens (tertiary/aromatic N) is 1. The minimum atomic E-state index is -0.787. The number of aromatic nitrogens is 1. The quantitative estimate of drug-likeness (QED) is 0.749. The normalized spacial score (nSPS) is 11.4. The van der Waals surface area contributed by atoms with Gasteiger partial charge in [0, 0.05) is 5.69 Å². The van der Waals surface area contributed by atoms with Gasteiger partial charge in [0.1, 0.15) is 6.04 Å². The molecule has 0 aliphatic carbocycles. The first-order valence-electron chi connectivity index (χ1n) is 3.92. The lowest BCUT2D eigenvalue weighted by Crippen LogP contribution is -2.23. The molecule has 14 heavy (non-hydrogen) atoms. The molecule has 1 rings (SSSR count). The van der Waals surface area contributed by atoms with Crippen molar-refractivity contribution < 1.29 is 9.53 Å². The molecular weight excluding hydrogens is 204 g/mol. The predicted octanol–water partition coefficient (Wildman–Crippen LogP) is 0.985. The summed E-state index contributed by atoms with van der Waals surface area (Å²) in [6, 6.07) is 4.56. The molecule has 0 bridgehead atoms. The Balaban J connectivity index is 0.00000169. The Bertz CT molecular complexity index is 317. The SMILES string of the molecule is COC(=O)[C@H](N)c1cccc(C)n1.Cl. The monoisotopic (exact) mass is 216 g/mol. The average molecular weight is 217 g/mol. The molecule has 0 aliphatic heterocycles. The highest BCUT2D eigenvalue weighted by Gasteiger charge is 2.16. The highest BCUT2D eigenvalue weighted by Crippen LogP contribution is 2.08. The van der Waals surface area contributed by atoms with Crippen LogP contribution < -0.4 is 5.73 Å². The first-order valence-corrected chi connectivity index (χ1v) is 3.92. The number of halogens is 1. The molecule has 0 saturated heterocycles. The lowest BCUT2D eigenvalue weighted by Gasteiger charge is -2.08. The number of aryl methyl sites for hydroxylation is 1. The third-order valence-electron chi connectivity index (χ3n) is 1.68. The van der Waals surface area contributed by atoms with Gasteiger partial charge in [-0.2, -0.15) is 0 Å². The second kappa shape index (κ2) is 5.57. The first kappa shape index (κ1) is 12.9. The van der Waals surface area contributed by atoms with E-state index in [-0.39, 0.29) is 12.4 Å². The number of hydrogen-bond donors (Lipinski definition) is 1. The maximum atomic E-state index is 11.0. The highest BCUT2D eigenvalue weighted by atomic mass is 35.5. The largest absolute Gasteiger partial charge is 0.468 e. The molecule has 0 aliphatic rings. The van der Waals surface area contributed by atoms with E-state index in [1.807, 2.05) is 13.0 Å². The van der Waals surface area contributed by atoms with E-state index < -0.39 is 12.0 Å². The van der Waals surface area contributed by atoms with E-state index in [1.54, 1.807) is 12.1 Å². The van der Waals surface area contributed by atoms with Crippen molar-refractivity contribution in [2.24, 2.45) is 5.73 Å². The van der Waals surface area contributed by atoms with Gasteiger partial charge in [-0.25, -0.2) is 4.79 Å². The molecule has 1 aromatic heterocycles. The van der Waals surface area contributed by atoms with Crippen molar-refractivity contribution in [1.82, 2.24) is 4.98 Å². The van der Waals surface area contributed by atoms with E-state index in [1.165, 1.54) is 7.11 Å². The molecule has 2 N–H and O–H groups in total. The Morgan fingerprint density at radius 1 is 1.57 bits per heavy atom. The van der Waals surface area contributed by atoms with Crippen LogP contribution in [0.25, 0.3) is 0 Å². The van der Waals surface area contributed by atoms with E-state index in [4.69, 9.17) is 5.73 Å². The Kier molecular flexibility index (Phi) is 5.12. The summed E-state index contributed by atoms with van der Waals surface area (Å²) in [6.07, 6.45) is 0. The zero-order chi connectivity index (χ0) is 9.84. The Morgan fingerprint density at radius 3 is 2.71 bits per heavy atom. The number of nitrogens with two attached hydrogens (primary N) is 1. The van der Waals surface area contributed by atoms with Crippen molar-refractivity contribution in [2.45, 2.75) is 13.0 Å². The zero-order valence-electron chi connectivity index (χ0n) is 8.06. The Labute approximate surface area is 88.9 Å². The molecular formula is C9H13ClN2O2. The summed E-state index contributed by atoms with van der Waals surface area (Å²) in [6.45, 7) is 1.84. The highest BCUT2D eigenvalue weighted by molar-refractivity contribution is 5.85. The van der Waals surface area contributed by atoms with Gasteiger partial charge in [0.25, 0.3) is 0 Å². The molecule has 4 nitrogen and oxygen atoms in total. The average Bonchev–Trinajstić information content (AvgIpc) is 2.15. The van der Waals surface area contributed by atoms with Crippen LogP contribution in [0.2, 0.25) is 0 Å². The fraction of sp³-hybridized carbons (Fsp3) is 0.333. The molecule has 0 amide bonds. The van der Waals surface area contributed by atoms with E-state index in [0.717, 1.165) is 5.69 Å². The number of carbonyl (C=O) groups excluding carboxylic acids is 1. The molecule has 0 saturated carbocycles. The second-order valence-electron chi connectivity index (χ2n) is 2.70. The smallest absolute Gasteiger partial charge is 0.328 e. The number of pyridine rings is 1.